The van der Waals surface area contributed by atoms with Crippen LogP contribution in [-0.2, 0) is 6.54 Å². The normalized spacial score (nSPS) is 10.2. The number of aryl methyl sites for hydroxylation is 1. The zero-order valence-electron chi connectivity index (χ0n) is 9.19. The van der Waals surface area contributed by atoms with Gasteiger partial charge in [-0.15, -0.1) is 11.3 Å². The molecule has 0 spiro atoms. The van der Waals surface area contributed by atoms with Gasteiger partial charge in [-0.25, -0.2) is 4.98 Å². The van der Waals surface area contributed by atoms with Crippen molar-refractivity contribution >= 4 is 17.2 Å². The Morgan fingerprint density at radius 1 is 1.53 bits per heavy atom. The van der Waals surface area contributed by atoms with E-state index >= 15 is 0 Å². The van der Waals surface area contributed by atoms with Gasteiger partial charge >= 0.3 is 0 Å². The minimum atomic E-state index is -0.296. The van der Waals surface area contributed by atoms with Crippen LogP contribution in [-0.4, -0.2) is 15.9 Å². The van der Waals surface area contributed by atoms with Crippen molar-refractivity contribution in [1.29, 1.82) is 0 Å². The van der Waals surface area contributed by atoms with Gasteiger partial charge in [-0.05, 0) is 13.0 Å². The molecule has 17 heavy (non-hydrogen) atoms. The first-order valence-corrected chi connectivity index (χ1v) is 5.91. The van der Waals surface area contributed by atoms with Gasteiger partial charge in [0.1, 0.15) is 5.69 Å². The zero-order chi connectivity index (χ0) is 12.3. The molecule has 2 aromatic heterocycles. The summed E-state index contributed by atoms with van der Waals surface area (Å²) in [5.74, 6) is -0.296. The predicted molar refractivity (Wildman–Crippen MR) is 65.1 cm³/mol. The monoisotopic (exact) mass is 249 g/mol. The van der Waals surface area contributed by atoms with E-state index in [2.05, 4.69) is 15.3 Å². The number of aromatic amines is 1. The van der Waals surface area contributed by atoms with Crippen LogP contribution in [0.1, 0.15) is 21.1 Å². The van der Waals surface area contributed by atoms with Gasteiger partial charge in [0.25, 0.3) is 5.91 Å². The predicted octanol–water partition coefficient (Wildman–Crippen LogP) is 1.07. The van der Waals surface area contributed by atoms with E-state index in [4.69, 9.17) is 0 Å². The molecule has 2 aromatic rings. The van der Waals surface area contributed by atoms with E-state index in [1.54, 1.807) is 17.6 Å². The minimum Gasteiger partial charge on any atom is -0.346 e. The Hall–Kier alpha value is -1.95. The van der Waals surface area contributed by atoms with Gasteiger partial charge in [0.2, 0.25) is 5.56 Å². The highest BCUT2D eigenvalue weighted by Gasteiger charge is 2.07. The molecular formula is C11H11N3O2S. The van der Waals surface area contributed by atoms with Gasteiger partial charge in [-0.3, -0.25) is 9.59 Å². The second kappa shape index (κ2) is 4.92. The Labute approximate surface area is 102 Å². The van der Waals surface area contributed by atoms with Crippen LogP contribution in [0.2, 0.25) is 0 Å². The van der Waals surface area contributed by atoms with Crippen LogP contribution >= 0.6 is 11.3 Å². The highest BCUT2D eigenvalue weighted by atomic mass is 32.1. The third-order valence-electron chi connectivity index (χ3n) is 2.27. The molecule has 0 aliphatic heterocycles. The first kappa shape index (κ1) is 11.5. The summed E-state index contributed by atoms with van der Waals surface area (Å²) in [4.78, 5) is 30.3. The average molecular weight is 249 g/mol. The molecular weight excluding hydrogens is 238 g/mol. The minimum absolute atomic E-state index is 0.264. The first-order chi connectivity index (χ1) is 8.16. The van der Waals surface area contributed by atoms with E-state index in [0.717, 1.165) is 10.6 Å². The number of thiazole rings is 1. The largest absolute Gasteiger partial charge is 0.346 e. The van der Waals surface area contributed by atoms with Gasteiger partial charge in [0.05, 0.1) is 17.7 Å². The SMILES string of the molecule is Cc1ncsc1CNC(=O)c1cccc(=O)[nH]1. The fourth-order valence-electron chi connectivity index (χ4n) is 1.33. The molecule has 0 aliphatic rings. The van der Waals surface area contributed by atoms with Gasteiger partial charge in [-0.2, -0.15) is 0 Å². The number of nitrogens with zero attached hydrogens (tertiary/aromatic N) is 1. The van der Waals surface area contributed by atoms with E-state index in [1.807, 2.05) is 6.92 Å². The van der Waals surface area contributed by atoms with Crippen LogP contribution in [0.5, 0.6) is 0 Å². The Bertz CT molecular complexity index is 588. The summed E-state index contributed by atoms with van der Waals surface area (Å²) in [5, 5.41) is 2.73. The van der Waals surface area contributed by atoms with Gasteiger partial charge in [0.15, 0.2) is 0 Å². The molecule has 6 heteroatoms. The number of aromatic nitrogens is 2. The Morgan fingerprint density at radius 2 is 2.35 bits per heavy atom. The zero-order valence-corrected chi connectivity index (χ0v) is 10.0. The van der Waals surface area contributed by atoms with Crippen LogP contribution in [0, 0.1) is 6.92 Å². The third kappa shape index (κ3) is 2.79. The van der Waals surface area contributed by atoms with E-state index in [1.165, 1.54) is 17.4 Å². The van der Waals surface area contributed by atoms with Gasteiger partial charge < -0.3 is 10.3 Å². The molecule has 1 amide bonds. The number of carbonyl (C=O) groups excluding carboxylic acids is 1. The second-order valence-electron chi connectivity index (χ2n) is 3.47. The lowest BCUT2D eigenvalue weighted by atomic mass is 10.3. The Morgan fingerprint density at radius 3 is 3.00 bits per heavy atom. The summed E-state index contributed by atoms with van der Waals surface area (Å²) < 4.78 is 0. The molecule has 0 saturated carbocycles. The highest BCUT2D eigenvalue weighted by molar-refractivity contribution is 7.09. The van der Waals surface area contributed by atoms with Crippen molar-refractivity contribution < 1.29 is 4.79 Å². The molecule has 5 nitrogen and oxygen atoms in total. The van der Waals surface area contributed by atoms with E-state index < -0.39 is 0 Å². The molecule has 0 aromatic carbocycles. The molecule has 2 N–H and O–H groups in total. The van der Waals surface area contributed by atoms with Crippen molar-refractivity contribution in [3.8, 4) is 0 Å². The molecule has 0 atom stereocenters. The topological polar surface area (TPSA) is 74.8 Å². The number of nitrogens with one attached hydrogen (secondary N) is 2. The van der Waals surface area contributed by atoms with Crippen LogP contribution in [0.3, 0.4) is 0 Å². The van der Waals surface area contributed by atoms with Crippen molar-refractivity contribution in [1.82, 2.24) is 15.3 Å². The summed E-state index contributed by atoms with van der Waals surface area (Å²) >= 11 is 1.49. The van der Waals surface area contributed by atoms with Crippen LogP contribution < -0.4 is 10.9 Å². The standard InChI is InChI=1S/C11H11N3O2S/c1-7-9(17-6-13-7)5-12-11(16)8-3-2-4-10(15)14-8/h2-4,6H,5H2,1H3,(H,12,16)(H,14,15). The molecule has 0 fully saturated rings. The molecule has 0 aliphatic carbocycles. The van der Waals surface area contributed by atoms with Crippen LogP contribution in [0.25, 0.3) is 0 Å². The maximum Gasteiger partial charge on any atom is 0.268 e. The molecule has 0 unspecified atom stereocenters. The summed E-state index contributed by atoms with van der Waals surface area (Å²) in [5.41, 5.74) is 2.63. The number of rotatable bonds is 3. The first-order valence-electron chi connectivity index (χ1n) is 5.03. The van der Waals surface area contributed by atoms with E-state index in [-0.39, 0.29) is 17.2 Å². The van der Waals surface area contributed by atoms with Crippen LogP contribution in [0.15, 0.2) is 28.5 Å². The lowest BCUT2D eigenvalue weighted by molar-refractivity contribution is 0.0946. The molecule has 0 bridgehead atoms. The third-order valence-corrected chi connectivity index (χ3v) is 3.20. The summed E-state index contributed by atoms with van der Waals surface area (Å²) in [7, 11) is 0. The smallest absolute Gasteiger partial charge is 0.268 e. The fraction of sp³-hybridized carbons (Fsp3) is 0.182. The fourth-order valence-corrected chi connectivity index (χ4v) is 2.05. The second-order valence-corrected chi connectivity index (χ2v) is 4.41. The van der Waals surface area contributed by atoms with E-state index in [0.29, 0.717) is 6.54 Å². The van der Waals surface area contributed by atoms with Crippen LogP contribution in [0.4, 0.5) is 0 Å². The van der Waals surface area contributed by atoms with Crippen molar-refractivity contribution in [3.05, 3.63) is 50.3 Å². The van der Waals surface area contributed by atoms with Crippen molar-refractivity contribution in [3.63, 3.8) is 0 Å². The number of hydrogen-bond donors (Lipinski definition) is 2. The van der Waals surface area contributed by atoms with Gasteiger partial charge in [0, 0.05) is 10.9 Å². The molecule has 0 saturated heterocycles. The van der Waals surface area contributed by atoms with Crippen molar-refractivity contribution in [2.45, 2.75) is 13.5 Å². The maximum atomic E-state index is 11.7. The highest BCUT2D eigenvalue weighted by Crippen LogP contribution is 2.11. The molecule has 0 radical (unpaired) electrons. The van der Waals surface area contributed by atoms with Crippen molar-refractivity contribution in [2.75, 3.05) is 0 Å². The number of H-pyrrole nitrogens is 1. The van der Waals surface area contributed by atoms with Crippen molar-refractivity contribution in [2.24, 2.45) is 0 Å². The Balaban J connectivity index is 2.03. The molecule has 88 valence electrons. The maximum absolute atomic E-state index is 11.7. The van der Waals surface area contributed by atoms with Gasteiger partial charge in [-0.1, -0.05) is 6.07 Å². The summed E-state index contributed by atoms with van der Waals surface area (Å²) in [6, 6.07) is 4.48. The Kier molecular flexibility index (Phi) is 3.34. The number of amides is 1. The number of pyridine rings is 1. The lowest BCUT2D eigenvalue weighted by Crippen LogP contribution is -2.25. The average Bonchev–Trinajstić information content (AvgIpc) is 2.72. The summed E-state index contributed by atoms with van der Waals surface area (Å²) in [6.07, 6.45) is 0. The quantitative estimate of drug-likeness (QED) is 0.854. The summed E-state index contributed by atoms with van der Waals surface area (Å²) in [6.45, 7) is 2.31. The molecule has 2 rings (SSSR count). The number of hydrogen-bond acceptors (Lipinski definition) is 4. The van der Waals surface area contributed by atoms with E-state index in [9.17, 15) is 9.59 Å². The number of carbonyl (C=O) groups is 1. The lowest BCUT2D eigenvalue weighted by Gasteiger charge is -2.03. The molecule has 2 heterocycles.